The minimum absolute atomic E-state index is 0.00640. The van der Waals surface area contributed by atoms with Crippen LogP contribution in [0.4, 0.5) is 16.2 Å². The predicted molar refractivity (Wildman–Crippen MR) is 86.6 cm³/mol. The van der Waals surface area contributed by atoms with Gasteiger partial charge >= 0.3 is 6.09 Å². The summed E-state index contributed by atoms with van der Waals surface area (Å²) in [5.74, 6) is 0.416. The zero-order chi connectivity index (χ0) is 16.8. The van der Waals surface area contributed by atoms with Crippen LogP contribution in [0, 0.1) is 0 Å². The van der Waals surface area contributed by atoms with E-state index in [1.165, 1.54) is 6.20 Å². The first-order valence-corrected chi connectivity index (χ1v) is 8.36. The van der Waals surface area contributed by atoms with Gasteiger partial charge in [-0.25, -0.2) is 18.3 Å². The molecule has 2 atom stereocenters. The Morgan fingerprint density at radius 3 is 2.96 bits per heavy atom. The highest BCUT2D eigenvalue weighted by atomic mass is 32.2. The van der Waals surface area contributed by atoms with Crippen molar-refractivity contribution in [2.24, 2.45) is 0 Å². The number of hydrogen-bond donors (Lipinski definition) is 1. The lowest BCUT2D eigenvalue weighted by Gasteiger charge is -2.30. The Kier molecular flexibility index (Phi) is 3.93. The fourth-order valence-corrected chi connectivity index (χ4v) is 3.77. The summed E-state index contributed by atoms with van der Waals surface area (Å²) in [7, 11) is 1.80. The van der Waals surface area contributed by atoms with Crippen molar-refractivity contribution in [2.75, 3.05) is 29.8 Å². The lowest BCUT2D eigenvalue weighted by molar-refractivity contribution is 0.0636. The molecule has 9 heteroatoms. The molecular weight excluding hydrogens is 320 g/mol. The van der Waals surface area contributed by atoms with E-state index in [1.54, 1.807) is 42.5 Å². The minimum Gasteiger partial charge on any atom is -0.474 e. The Morgan fingerprint density at radius 2 is 2.26 bits per heavy atom. The fourth-order valence-electron chi connectivity index (χ4n) is 2.49. The largest absolute Gasteiger partial charge is 0.474 e. The molecule has 0 saturated carbocycles. The Balaban J connectivity index is 1.83. The van der Waals surface area contributed by atoms with Crippen LogP contribution in [-0.2, 0) is 15.9 Å². The number of nitrogens with zero attached hydrogens (tertiary/aromatic N) is 3. The number of carbonyl (C=O) groups is 1. The van der Waals surface area contributed by atoms with E-state index in [1.807, 2.05) is 0 Å². The van der Waals surface area contributed by atoms with Gasteiger partial charge in [0.25, 0.3) is 0 Å². The SMILES string of the molecule is CN1CC2COc3ncc(NC(=O)OC(C)(C)C)cc3N2S1=O. The number of anilines is 2. The van der Waals surface area contributed by atoms with Crippen LogP contribution in [0.2, 0.25) is 0 Å². The highest BCUT2D eigenvalue weighted by molar-refractivity contribution is 7.84. The molecule has 0 aliphatic carbocycles. The van der Waals surface area contributed by atoms with Crippen LogP contribution in [-0.4, -0.2) is 51.4 Å². The highest BCUT2D eigenvalue weighted by Crippen LogP contribution is 2.38. The molecule has 0 radical (unpaired) electrons. The first-order valence-electron chi connectivity index (χ1n) is 7.30. The van der Waals surface area contributed by atoms with E-state index in [9.17, 15) is 9.00 Å². The predicted octanol–water partition coefficient (Wildman–Crippen LogP) is 1.52. The van der Waals surface area contributed by atoms with E-state index < -0.39 is 22.9 Å². The molecule has 1 N–H and O–H groups in total. The van der Waals surface area contributed by atoms with Gasteiger partial charge in [-0.3, -0.25) is 9.62 Å². The van der Waals surface area contributed by atoms with Crippen LogP contribution >= 0.6 is 0 Å². The topological polar surface area (TPSA) is 84.0 Å². The third-order valence-electron chi connectivity index (χ3n) is 3.36. The first kappa shape index (κ1) is 16.0. The summed E-state index contributed by atoms with van der Waals surface area (Å²) in [5.41, 5.74) is 0.491. The summed E-state index contributed by atoms with van der Waals surface area (Å²) in [4.78, 5) is 16.1. The maximum atomic E-state index is 12.4. The second-order valence-corrected chi connectivity index (χ2v) is 7.99. The molecule has 2 unspecified atom stereocenters. The van der Waals surface area contributed by atoms with Gasteiger partial charge in [0.05, 0.1) is 17.9 Å². The van der Waals surface area contributed by atoms with Gasteiger partial charge in [-0.1, -0.05) is 0 Å². The molecule has 1 amide bonds. The molecule has 0 spiro atoms. The maximum absolute atomic E-state index is 12.4. The number of likely N-dealkylation sites (N-methyl/N-ethyl adjacent to an activating group) is 1. The Bertz CT molecular complexity index is 661. The lowest BCUT2D eigenvalue weighted by Crippen LogP contribution is -2.40. The monoisotopic (exact) mass is 340 g/mol. The van der Waals surface area contributed by atoms with Crippen molar-refractivity contribution in [1.82, 2.24) is 9.29 Å². The van der Waals surface area contributed by atoms with Crippen molar-refractivity contribution in [3.63, 3.8) is 0 Å². The zero-order valence-corrected chi connectivity index (χ0v) is 14.3. The van der Waals surface area contributed by atoms with E-state index in [0.717, 1.165) is 0 Å². The van der Waals surface area contributed by atoms with Crippen LogP contribution in [0.15, 0.2) is 12.3 Å². The van der Waals surface area contributed by atoms with E-state index >= 15 is 0 Å². The van der Waals surface area contributed by atoms with E-state index in [2.05, 4.69) is 10.3 Å². The van der Waals surface area contributed by atoms with Gasteiger partial charge in [-0.2, -0.15) is 0 Å². The summed E-state index contributed by atoms with van der Waals surface area (Å²) in [6.45, 7) is 6.46. The number of nitrogens with one attached hydrogen (secondary N) is 1. The summed E-state index contributed by atoms with van der Waals surface area (Å²) in [5, 5.41) is 2.64. The quantitative estimate of drug-likeness (QED) is 0.838. The number of fused-ring (bicyclic) bond motifs is 3. The number of rotatable bonds is 1. The molecule has 0 bridgehead atoms. The molecule has 2 aliphatic rings. The third kappa shape index (κ3) is 3.25. The number of hydrogen-bond acceptors (Lipinski definition) is 5. The van der Waals surface area contributed by atoms with Gasteiger partial charge in [0.1, 0.15) is 17.9 Å². The van der Waals surface area contributed by atoms with E-state index in [0.29, 0.717) is 30.4 Å². The Morgan fingerprint density at radius 1 is 1.52 bits per heavy atom. The van der Waals surface area contributed by atoms with Crippen molar-refractivity contribution in [3.8, 4) is 5.88 Å². The van der Waals surface area contributed by atoms with Crippen LogP contribution in [0.1, 0.15) is 20.8 Å². The molecule has 126 valence electrons. The standard InChI is InChI=1S/C14H20N4O4S/c1-14(2,3)22-13(19)16-9-5-11-12(15-6-9)21-8-10-7-17(4)23(20)18(10)11/h5-6,10H,7-8H2,1-4H3,(H,16,19). The number of amides is 1. The van der Waals surface area contributed by atoms with Crippen LogP contribution < -0.4 is 14.4 Å². The molecular formula is C14H20N4O4S. The number of ether oxygens (including phenoxy) is 2. The molecule has 1 fully saturated rings. The van der Waals surface area contributed by atoms with Gasteiger partial charge in [0, 0.05) is 13.6 Å². The second-order valence-electron chi connectivity index (χ2n) is 6.51. The third-order valence-corrected chi connectivity index (χ3v) is 4.88. The number of aromatic nitrogens is 1. The van der Waals surface area contributed by atoms with Gasteiger partial charge in [-0.05, 0) is 26.8 Å². The van der Waals surface area contributed by atoms with Crippen molar-refractivity contribution in [1.29, 1.82) is 0 Å². The van der Waals surface area contributed by atoms with E-state index in [4.69, 9.17) is 9.47 Å². The Labute approximate surface area is 137 Å². The fraction of sp³-hybridized carbons (Fsp3) is 0.571. The average Bonchev–Trinajstić information content (AvgIpc) is 2.72. The van der Waals surface area contributed by atoms with Crippen molar-refractivity contribution < 1.29 is 18.5 Å². The van der Waals surface area contributed by atoms with Crippen molar-refractivity contribution >= 4 is 28.6 Å². The Hall–Kier alpha value is -1.87. The normalized spacial score (nSPS) is 23.7. The van der Waals surface area contributed by atoms with Gasteiger partial charge < -0.3 is 9.47 Å². The molecule has 23 heavy (non-hydrogen) atoms. The molecule has 1 aromatic heterocycles. The molecule has 8 nitrogen and oxygen atoms in total. The highest BCUT2D eigenvalue weighted by Gasteiger charge is 2.41. The van der Waals surface area contributed by atoms with Crippen LogP contribution in [0.5, 0.6) is 5.88 Å². The number of pyridine rings is 1. The minimum atomic E-state index is -1.28. The van der Waals surface area contributed by atoms with Crippen LogP contribution in [0.25, 0.3) is 0 Å². The lowest BCUT2D eigenvalue weighted by atomic mass is 10.2. The summed E-state index contributed by atoms with van der Waals surface area (Å²) >= 11 is -1.28. The number of carbonyl (C=O) groups excluding carboxylic acids is 1. The van der Waals surface area contributed by atoms with Crippen LogP contribution in [0.3, 0.4) is 0 Å². The molecule has 3 rings (SSSR count). The molecule has 3 heterocycles. The average molecular weight is 340 g/mol. The summed E-state index contributed by atoms with van der Waals surface area (Å²) < 4.78 is 26.7. The second kappa shape index (κ2) is 5.64. The summed E-state index contributed by atoms with van der Waals surface area (Å²) in [6.07, 6.45) is 0.929. The van der Waals surface area contributed by atoms with E-state index in [-0.39, 0.29) is 6.04 Å². The smallest absolute Gasteiger partial charge is 0.412 e. The first-order chi connectivity index (χ1) is 10.7. The van der Waals surface area contributed by atoms with Gasteiger partial charge in [0.15, 0.2) is 11.2 Å². The zero-order valence-electron chi connectivity index (χ0n) is 13.5. The molecule has 1 aromatic rings. The molecule has 1 saturated heterocycles. The van der Waals surface area contributed by atoms with Crippen molar-refractivity contribution in [2.45, 2.75) is 32.4 Å². The summed E-state index contributed by atoms with van der Waals surface area (Å²) in [6, 6.07) is 1.71. The molecule has 2 aliphatic heterocycles. The maximum Gasteiger partial charge on any atom is 0.412 e. The van der Waals surface area contributed by atoms with Gasteiger partial charge in [0.2, 0.25) is 5.88 Å². The van der Waals surface area contributed by atoms with Gasteiger partial charge in [-0.15, -0.1) is 0 Å². The molecule has 0 aromatic carbocycles. The van der Waals surface area contributed by atoms with Crippen molar-refractivity contribution in [3.05, 3.63) is 12.3 Å².